The lowest BCUT2D eigenvalue weighted by Crippen LogP contribution is -2.32. The number of anilines is 1. The Balaban J connectivity index is 1.84. The summed E-state index contributed by atoms with van der Waals surface area (Å²) in [4.78, 5) is 32.4. The number of ether oxygens (including phenoxy) is 1. The molecule has 0 spiro atoms. The first-order chi connectivity index (χ1) is 14.4. The molecule has 1 aromatic carbocycles. The third kappa shape index (κ3) is 5.41. The van der Waals surface area contributed by atoms with Crippen molar-refractivity contribution in [3.8, 4) is 5.75 Å². The lowest BCUT2D eigenvalue weighted by atomic mass is 10.3. The average Bonchev–Trinajstić information content (AvgIpc) is 3.35. The van der Waals surface area contributed by atoms with E-state index in [0.717, 1.165) is 34.5 Å². The van der Waals surface area contributed by atoms with Crippen LogP contribution in [0.4, 0.5) is 10.1 Å². The van der Waals surface area contributed by atoms with Gasteiger partial charge in [-0.1, -0.05) is 22.7 Å². The molecule has 0 fully saturated rings. The Morgan fingerprint density at radius 2 is 2.03 bits per heavy atom. The summed E-state index contributed by atoms with van der Waals surface area (Å²) in [7, 11) is 5.57. The minimum absolute atomic E-state index is 0.0464. The zero-order valence-electron chi connectivity index (χ0n) is 16.9. The van der Waals surface area contributed by atoms with Gasteiger partial charge in [0.25, 0.3) is 5.91 Å². The van der Waals surface area contributed by atoms with Gasteiger partial charge in [-0.2, -0.15) is 0 Å². The SMILES string of the molecule is COc1ccc2sc(N(CCCN(C)C)C(=O)/C=C/c3ccc([N+](=O)[O-])s3)nc2c1. The second-order valence-corrected chi connectivity index (χ2v) is 8.85. The second-order valence-electron chi connectivity index (χ2n) is 6.74. The maximum Gasteiger partial charge on any atom is 0.324 e. The Morgan fingerprint density at radius 3 is 2.70 bits per heavy atom. The Bertz CT molecular complexity index is 1070. The highest BCUT2D eigenvalue weighted by atomic mass is 32.1. The number of hydrogen-bond acceptors (Lipinski definition) is 8. The highest BCUT2D eigenvalue weighted by molar-refractivity contribution is 7.22. The van der Waals surface area contributed by atoms with Crippen LogP contribution in [0.5, 0.6) is 5.75 Å². The summed E-state index contributed by atoms with van der Waals surface area (Å²) in [5, 5.41) is 11.5. The highest BCUT2D eigenvalue weighted by Crippen LogP contribution is 2.32. The molecule has 30 heavy (non-hydrogen) atoms. The minimum Gasteiger partial charge on any atom is -0.497 e. The molecule has 8 nitrogen and oxygen atoms in total. The van der Waals surface area contributed by atoms with Gasteiger partial charge in [0.15, 0.2) is 5.13 Å². The van der Waals surface area contributed by atoms with Crippen molar-refractivity contribution in [2.24, 2.45) is 0 Å². The number of carbonyl (C=O) groups excluding carboxylic acids is 1. The zero-order chi connectivity index (χ0) is 21.7. The fourth-order valence-corrected chi connectivity index (χ4v) is 4.46. The van der Waals surface area contributed by atoms with Crippen molar-refractivity contribution < 1.29 is 14.5 Å². The molecule has 1 amide bonds. The Morgan fingerprint density at radius 1 is 1.23 bits per heavy atom. The molecule has 10 heteroatoms. The van der Waals surface area contributed by atoms with Crippen LogP contribution in [0.15, 0.2) is 36.4 Å². The van der Waals surface area contributed by atoms with E-state index in [-0.39, 0.29) is 10.9 Å². The van der Waals surface area contributed by atoms with Crippen molar-refractivity contribution in [2.75, 3.05) is 39.2 Å². The molecule has 0 atom stereocenters. The number of fused-ring (bicyclic) bond motifs is 1. The molecule has 3 aromatic rings. The molecule has 0 unspecified atom stereocenters. The zero-order valence-corrected chi connectivity index (χ0v) is 18.5. The molecule has 0 N–H and O–H groups in total. The molecule has 0 saturated carbocycles. The molecule has 2 heterocycles. The molecule has 0 aliphatic rings. The van der Waals surface area contributed by atoms with Crippen LogP contribution in [0.3, 0.4) is 0 Å². The van der Waals surface area contributed by atoms with Gasteiger partial charge in [0.2, 0.25) is 0 Å². The molecule has 0 radical (unpaired) electrons. The van der Waals surface area contributed by atoms with E-state index in [1.165, 1.54) is 23.5 Å². The second kappa shape index (κ2) is 9.79. The summed E-state index contributed by atoms with van der Waals surface area (Å²) < 4.78 is 6.22. The maximum atomic E-state index is 13.0. The van der Waals surface area contributed by atoms with Crippen LogP contribution in [0.25, 0.3) is 16.3 Å². The number of rotatable bonds is 9. The van der Waals surface area contributed by atoms with Gasteiger partial charge in [-0.3, -0.25) is 19.8 Å². The van der Waals surface area contributed by atoms with E-state index < -0.39 is 4.92 Å². The van der Waals surface area contributed by atoms with Gasteiger partial charge in [0.1, 0.15) is 5.75 Å². The minimum atomic E-state index is -0.438. The summed E-state index contributed by atoms with van der Waals surface area (Å²) in [5.74, 6) is 0.500. The number of carbonyl (C=O) groups is 1. The number of nitro groups is 1. The first-order valence-electron chi connectivity index (χ1n) is 9.20. The van der Waals surface area contributed by atoms with E-state index in [2.05, 4.69) is 9.88 Å². The van der Waals surface area contributed by atoms with Crippen LogP contribution in [0.1, 0.15) is 11.3 Å². The Labute approximate surface area is 182 Å². The normalized spacial score (nSPS) is 11.5. The number of thiophene rings is 1. The van der Waals surface area contributed by atoms with Gasteiger partial charge < -0.3 is 9.64 Å². The van der Waals surface area contributed by atoms with E-state index in [1.807, 2.05) is 32.3 Å². The van der Waals surface area contributed by atoms with Crippen molar-refractivity contribution in [3.63, 3.8) is 0 Å². The number of nitrogens with zero attached hydrogens (tertiary/aromatic N) is 4. The monoisotopic (exact) mass is 446 g/mol. The molecular weight excluding hydrogens is 424 g/mol. The van der Waals surface area contributed by atoms with Crippen LogP contribution < -0.4 is 9.64 Å². The van der Waals surface area contributed by atoms with Crippen molar-refractivity contribution in [1.82, 2.24) is 9.88 Å². The molecule has 3 rings (SSSR count). The summed E-state index contributed by atoms with van der Waals surface area (Å²) in [6.45, 7) is 1.35. The van der Waals surface area contributed by atoms with E-state index in [4.69, 9.17) is 4.74 Å². The molecule has 0 bridgehead atoms. The quantitative estimate of drug-likeness (QED) is 0.277. The average molecular weight is 447 g/mol. The van der Waals surface area contributed by atoms with Gasteiger partial charge >= 0.3 is 5.00 Å². The van der Waals surface area contributed by atoms with Crippen molar-refractivity contribution in [2.45, 2.75) is 6.42 Å². The predicted octanol–water partition coefficient (Wildman–Crippen LogP) is 4.27. The molecular formula is C20H22N4O4S2. The van der Waals surface area contributed by atoms with Gasteiger partial charge in [-0.15, -0.1) is 0 Å². The number of amides is 1. The van der Waals surface area contributed by atoms with Crippen molar-refractivity contribution in [3.05, 3.63) is 51.4 Å². The van der Waals surface area contributed by atoms with Crippen LogP contribution in [-0.2, 0) is 4.79 Å². The van der Waals surface area contributed by atoms with Gasteiger partial charge in [0, 0.05) is 29.6 Å². The topological polar surface area (TPSA) is 88.8 Å². The van der Waals surface area contributed by atoms with Crippen LogP contribution in [-0.4, -0.2) is 55.0 Å². The largest absolute Gasteiger partial charge is 0.497 e. The van der Waals surface area contributed by atoms with Crippen LogP contribution >= 0.6 is 22.7 Å². The van der Waals surface area contributed by atoms with Crippen molar-refractivity contribution >= 4 is 55.0 Å². The number of benzene rings is 1. The number of hydrogen-bond donors (Lipinski definition) is 0. The van der Waals surface area contributed by atoms with E-state index in [9.17, 15) is 14.9 Å². The molecule has 0 aliphatic carbocycles. The summed E-state index contributed by atoms with van der Waals surface area (Å²) in [5.41, 5.74) is 0.776. The summed E-state index contributed by atoms with van der Waals surface area (Å²) >= 11 is 2.48. The molecule has 0 saturated heterocycles. The fourth-order valence-electron chi connectivity index (χ4n) is 2.76. The maximum absolute atomic E-state index is 13.0. The first-order valence-corrected chi connectivity index (χ1v) is 10.8. The van der Waals surface area contributed by atoms with Crippen molar-refractivity contribution in [1.29, 1.82) is 0 Å². The lowest BCUT2D eigenvalue weighted by Gasteiger charge is -2.19. The fraction of sp³-hybridized carbons (Fsp3) is 0.300. The molecule has 2 aromatic heterocycles. The molecule has 0 aliphatic heterocycles. The van der Waals surface area contributed by atoms with Gasteiger partial charge in [-0.05, 0) is 51.3 Å². The smallest absolute Gasteiger partial charge is 0.324 e. The molecule has 158 valence electrons. The van der Waals surface area contributed by atoms with E-state index in [1.54, 1.807) is 24.2 Å². The highest BCUT2D eigenvalue weighted by Gasteiger charge is 2.18. The third-order valence-electron chi connectivity index (χ3n) is 4.25. The first kappa shape index (κ1) is 21.9. The van der Waals surface area contributed by atoms with Crippen LogP contribution in [0, 0.1) is 10.1 Å². The third-order valence-corrected chi connectivity index (χ3v) is 6.31. The lowest BCUT2D eigenvalue weighted by molar-refractivity contribution is -0.380. The Kier molecular flexibility index (Phi) is 7.14. The van der Waals surface area contributed by atoms with Gasteiger partial charge in [0.05, 0.1) is 22.2 Å². The summed E-state index contributed by atoms with van der Waals surface area (Å²) in [6.07, 6.45) is 3.84. The summed E-state index contributed by atoms with van der Waals surface area (Å²) in [6, 6.07) is 8.71. The number of methoxy groups -OCH3 is 1. The van der Waals surface area contributed by atoms with E-state index in [0.29, 0.717) is 22.3 Å². The Hall–Kier alpha value is -2.82. The number of thiazole rings is 1. The van der Waals surface area contributed by atoms with Crippen LogP contribution in [0.2, 0.25) is 0 Å². The standard InChI is InChI=1S/C20H22N4O4S2/c1-22(2)11-4-12-23(18(25)9-6-15-7-10-19(29-15)24(26)27)20-21-16-13-14(28-3)5-8-17(16)30-20/h5-10,13H,4,11-12H2,1-3H3/b9-6+. The van der Waals surface area contributed by atoms with Gasteiger partial charge in [-0.25, -0.2) is 4.98 Å². The number of aromatic nitrogens is 1. The predicted molar refractivity (Wildman–Crippen MR) is 122 cm³/mol. The van der Waals surface area contributed by atoms with E-state index >= 15 is 0 Å².